The summed E-state index contributed by atoms with van der Waals surface area (Å²) >= 11 is 1.29. The molecule has 0 spiro atoms. The van der Waals surface area contributed by atoms with Gasteiger partial charge in [-0.3, -0.25) is 0 Å². The first-order valence-electron chi connectivity index (χ1n) is 7.11. The van der Waals surface area contributed by atoms with Gasteiger partial charge in [-0.2, -0.15) is 13.2 Å². The molecule has 0 aliphatic rings. The summed E-state index contributed by atoms with van der Waals surface area (Å²) in [7, 11) is 0. The molecule has 0 fully saturated rings. The highest BCUT2D eigenvalue weighted by atomic mass is 32.1. The van der Waals surface area contributed by atoms with Gasteiger partial charge in [0.15, 0.2) is 5.69 Å². The zero-order chi connectivity index (χ0) is 17.6. The number of fused-ring (bicyclic) bond motifs is 2. The van der Waals surface area contributed by atoms with Crippen LogP contribution in [0.3, 0.4) is 0 Å². The van der Waals surface area contributed by atoms with Crippen molar-refractivity contribution in [3.8, 4) is 5.88 Å². The normalized spacial score (nSPS) is 12.6. The van der Waals surface area contributed by atoms with Crippen molar-refractivity contribution in [2.75, 3.05) is 0 Å². The van der Waals surface area contributed by atoms with Crippen molar-refractivity contribution in [1.82, 2.24) is 9.97 Å². The maximum absolute atomic E-state index is 13.1. The van der Waals surface area contributed by atoms with Crippen molar-refractivity contribution in [2.45, 2.75) is 6.18 Å². The van der Waals surface area contributed by atoms with E-state index in [0.29, 0.717) is 5.13 Å². The van der Waals surface area contributed by atoms with Crippen LogP contribution < -0.4 is 0 Å². The number of alkyl halides is 3. The average Bonchev–Trinajstić information content (AvgIpc) is 3.11. The van der Waals surface area contributed by atoms with Gasteiger partial charge in [0.05, 0.1) is 21.3 Å². The van der Waals surface area contributed by atoms with Gasteiger partial charge in [0.2, 0.25) is 11.0 Å². The van der Waals surface area contributed by atoms with Crippen LogP contribution in [0.15, 0.2) is 52.7 Å². The van der Waals surface area contributed by atoms with Crippen molar-refractivity contribution in [3.05, 3.63) is 48.0 Å². The largest absolute Gasteiger partial charge is 0.493 e. The summed E-state index contributed by atoms with van der Waals surface area (Å²) in [5.74, 6) is -0.475. The summed E-state index contributed by atoms with van der Waals surface area (Å²) in [6.07, 6.45) is -4.54. The Balaban J connectivity index is 1.80. The Hall–Kier alpha value is -2.94. The number of aromatic hydroxyl groups is 1. The molecule has 0 atom stereocenters. The van der Waals surface area contributed by atoms with Gasteiger partial charge in [0.1, 0.15) is 0 Å². The maximum atomic E-state index is 13.1. The molecule has 4 rings (SSSR count). The first kappa shape index (κ1) is 15.6. The van der Waals surface area contributed by atoms with E-state index in [1.54, 1.807) is 0 Å². The zero-order valence-corrected chi connectivity index (χ0v) is 13.2. The lowest BCUT2D eigenvalue weighted by molar-refractivity contribution is -0.136. The fourth-order valence-corrected chi connectivity index (χ4v) is 3.31. The first-order valence-corrected chi connectivity index (χ1v) is 7.93. The Bertz CT molecular complexity index is 1080. The Morgan fingerprint density at radius 1 is 1.04 bits per heavy atom. The smallest absolute Gasteiger partial charge is 0.418 e. The molecule has 0 aliphatic heterocycles. The molecule has 2 aromatic heterocycles. The minimum atomic E-state index is -4.54. The summed E-state index contributed by atoms with van der Waals surface area (Å²) in [5.41, 5.74) is -0.406. The monoisotopic (exact) mass is 362 g/mol. The van der Waals surface area contributed by atoms with Crippen molar-refractivity contribution in [3.63, 3.8) is 0 Å². The van der Waals surface area contributed by atoms with Crippen molar-refractivity contribution in [1.29, 1.82) is 0 Å². The topological polar surface area (TPSA) is 73.6 Å². The molecule has 2 N–H and O–H groups in total. The minimum Gasteiger partial charge on any atom is -0.493 e. The molecule has 0 saturated carbocycles. The van der Waals surface area contributed by atoms with E-state index < -0.39 is 17.6 Å². The van der Waals surface area contributed by atoms with Crippen molar-refractivity contribution in [2.24, 2.45) is 10.2 Å². The maximum Gasteiger partial charge on any atom is 0.418 e. The number of nitrogens with zero attached hydrogens (tertiary/aromatic N) is 3. The second-order valence-electron chi connectivity index (χ2n) is 5.21. The third-order valence-electron chi connectivity index (χ3n) is 3.61. The second-order valence-corrected chi connectivity index (χ2v) is 6.22. The van der Waals surface area contributed by atoms with E-state index in [4.69, 9.17) is 0 Å². The van der Waals surface area contributed by atoms with E-state index in [2.05, 4.69) is 20.2 Å². The van der Waals surface area contributed by atoms with Crippen LogP contribution in [0.5, 0.6) is 5.88 Å². The van der Waals surface area contributed by atoms with Gasteiger partial charge in [0, 0.05) is 5.39 Å². The summed E-state index contributed by atoms with van der Waals surface area (Å²) in [4.78, 5) is 6.59. The molecule has 0 bridgehead atoms. The van der Waals surface area contributed by atoms with E-state index in [-0.39, 0.29) is 16.6 Å². The van der Waals surface area contributed by atoms with E-state index in [1.165, 1.54) is 23.5 Å². The van der Waals surface area contributed by atoms with Crippen LogP contribution in [0.4, 0.5) is 24.0 Å². The summed E-state index contributed by atoms with van der Waals surface area (Å²) in [6.45, 7) is 0. The van der Waals surface area contributed by atoms with Crippen molar-refractivity contribution < 1.29 is 18.3 Å². The Labute approximate surface area is 142 Å². The molecular weight excluding hydrogens is 353 g/mol. The van der Waals surface area contributed by atoms with E-state index >= 15 is 0 Å². The van der Waals surface area contributed by atoms with Crippen LogP contribution in [-0.2, 0) is 6.18 Å². The highest BCUT2D eigenvalue weighted by Crippen LogP contribution is 2.42. The molecule has 0 unspecified atom stereocenters. The number of H-pyrrole nitrogens is 1. The van der Waals surface area contributed by atoms with Gasteiger partial charge < -0.3 is 10.1 Å². The third-order valence-corrected chi connectivity index (χ3v) is 4.53. The lowest BCUT2D eigenvalue weighted by atomic mass is 10.1. The van der Waals surface area contributed by atoms with Crippen LogP contribution in [0.2, 0.25) is 0 Å². The second kappa shape index (κ2) is 5.55. The molecule has 0 amide bonds. The predicted molar refractivity (Wildman–Crippen MR) is 88.8 cm³/mol. The molecule has 0 saturated heterocycles. The first-order chi connectivity index (χ1) is 11.9. The lowest BCUT2D eigenvalue weighted by Gasteiger charge is -2.06. The highest BCUT2D eigenvalue weighted by molar-refractivity contribution is 7.21. The molecule has 0 aliphatic carbocycles. The standard InChI is InChI=1S/C16H9F3N4OS/c17-16(18,19)9-5-3-4-8-12(9)21-14(24)13(8)22-23-15-20-10-6-1-2-7-11(10)25-15/h1-7,21,24H. The number of aromatic amines is 1. The molecule has 4 aromatic rings. The quantitative estimate of drug-likeness (QED) is 0.435. The van der Waals surface area contributed by atoms with Gasteiger partial charge >= 0.3 is 6.18 Å². The van der Waals surface area contributed by atoms with E-state index in [1.807, 2.05) is 24.3 Å². The number of rotatable bonds is 2. The van der Waals surface area contributed by atoms with Gasteiger partial charge in [0.25, 0.3) is 0 Å². The molecule has 25 heavy (non-hydrogen) atoms. The number of benzene rings is 2. The van der Waals surface area contributed by atoms with Crippen molar-refractivity contribution >= 4 is 43.3 Å². The van der Waals surface area contributed by atoms with Gasteiger partial charge in [-0.15, -0.1) is 10.2 Å². The fourth-order valence-electron chi connectivity index (χ4n) is 2.52. The molecule has 2 aromatic carbocycles. The Morgan fingerprint density at radius 2 is 1.84 bits per heavy atom. The van der Waals surface area contributed by atoms with Crippen LogP contribution in [0.25, 0.3) is 21.1 Å². The van der Waals surface area contributed by atoms with E-state index in [9.17, 15) is 18.3 Å². The molecule has 0 radical (unpaired) electrons. The summed E-state index contributed by atoms with van der Waals surface area (Å²) in [6, 6.07) is 11.0. The molecule has 9 heteroatoms. The van der Waals surface area contributed by atoms with Crippen LogP contribution in [0, 0.1) is 0 Å². The SMILES string of the molecule is Oc1[nH]c2c(C(F)(F)F)cccc2c1N=Nc1nc2ccccc2s1. The average molecular weight is 362 g/mol. The fraction of sp³-hybridized carbons (Fsp3) is 0.0625. The lowest BCUT2D eigenvalue weighted by Crippen LogP contribution is -2.05. The minimum absolute atomic E-state index is 0.0552. The van der Waals surface area contributed by atoms with Gasteiger partial charge in [-0.1, -0.05) is 35.6 Å². The predicted octanol–water partition coefficient (Wildman–Crippen LogP) is 5.92. The number of hydrogen-bond acceptors (Lipinski definition) is 5. The van der Waals surface area contributed by atoms with Gasteiger partial charge in [-0.05, 0) is 18.2 Å². The molecule has 5 nitrogen and oxygen atoms in total. The Morgan fingerprint density at radius 3 is 2.60 bits per heavy atom. The Kier molecular flexibility index (Phi) is 3.46. The third kappa shape index (κ3) is 2.72. The van der Waals surface area contributed by atoms with Crippen LogP contribution in [-0.4, -0.2) is 15.1 Å². The molecule has 126 valence electrons. The number of hydrogen-bond donors (Lipinski definition) is 2. The molecular formula is C16H9F3N4OS. The summed E-state index contributed by atoms with van der Waals surface area (Å²) in [5, 5.41) is 18.3. The number of halogens is 3. The number of para-hydroxylation sites is 2. The van der Waals surface area contributed by atoms with Crippen LogP contribution >= 0.6 is 11.3 Å². The summed E-state index contributed by atoms with van der Waals surface area (Å²) < 4.78 is 40.1. The van der Waals surface area contributed by atoms with E-state index in [0.717, 1.165) is 16.3 Å². The number of nitrogens with one attached hydrogen (secondary N) is 1. The molecule has 2 heterocycles. The highest BCUT2D eigenvalue weighted by Gasteiger charge is 2.34. The zero-order valence-electron chi connectivity index (χ0n) is 12.4. The number of aromatic nitrogens is 2. The number of azo groups is 1. The van der Waals surface area contributed by atoms with Crippen LogP contribution in [0.1, 0.15) is 5.56 Å². The van der Waals surface area contributed by atoms with Gasteiger partial charge in [-0.25, -0.2) is 4.98 Å². The number of thiazole rings is 1.